The number of anilines is 1. The van der Waals surface area contributed by atoms with Crippen molar-refractivity contribution < 1.29 is 9.21 Å². The highest BCUT2D eigenvalue weighted by molar-refractivity contribution is 7.17. The molecule has 0 saturated carbocycles. The summed E-state index contributed by atoms with van der Waals surface area (Å²) in [6, 6.07) is 3.75. The van der Waals surface area contributed by atoms with Gasteiger partial charge in [0.15, 0.2) is 15.9 Å². The summed E-state index contributed by atoms with van der Waals surface area (Å²) in [5.74, 6) is 1.67. The van der Waals surface area contributed by atoms with Crippen LogP contribution in [-0.2, 0) is 0 Å². The molecule has 0 fully saturated rings. The molecule has 0 saturated heterocycles. The summed E-state index contributed by atoms with van der Waals surface area (Å²) in [5.41, 5.74) is 1.68. The number of nitrogens with zero attached hydrogens (tertiary/aromatic N) is 2. The van der Waals surface area contributed by atoms with E-state index in [1.54, 1.807) is 0 Å². The van der Waals surface area contributed by atoms with Crippen LogP contribution in [0.1, 0.15) is 46.6 Å². The Morgan fingerprint density at radius 2 is 2.04 bits per heavy atom. The monoisotopic (exact) mass is 347 g/mol. The summed E-state index contributed by atoms with van der Waals surface area (Å²) >= 11 is 2.76. The van der Waals surface area contributed by atoms with Crippen LogP contribution < -0.4 is 5.32 Å². The van der Waals surface area contributed by atoms with Crippen LogP contribution >= 0.6 is 22.7 Å². The lowest BCUT2D eigenvalue weighted by Gasteiger charge is -2.00. The summed E-state index contributed by atoms with van der Waals surface area (Å²) in [4.78, 5) is 21.9. The van der Waals surface area contributed by atoms with Crippen LogP contribution in [0.2, 0.25) is 0 Å². The summed E-state index contributed by atoms with van der Waals surface area (Å²) < 4.78 is 5.57. The first-order chi connectivity index (χ1) is 10.9. The molecule has 3 aromatic heterocycles. The standard InChI is InChI=1S/C16H17N3O2S2/c1-8(2)11-7-22-16(18-11)19-14(20)13-10(4)17-15(23-13)12-6-5-9(3)21-12/h5-8H,1-4H3,(H,18,19,20). The first-order valence-electron chi connectivity index (χ1n) is 7.25. The highest BCUT2D eigenvalue weighted by Gasteiger charge is 2.19. The predicted octanol–water partition coefficient (Wildman–Crippen LogP) is 4.85. The number of carbonyl (C=O) groups is 1. The van der Waals surface area contributed by atoms with Gasteiger partial charge in [0.25, 0.3) is 5.91 Å². The molecular formula is C16H17N3O2S2. The van der Waals surface area contributed by atoms with Crippen LogP contribution in [0.3, 0.4) is 0 Å². The van der Waals surface area contributed by atoms with Crippen LogP contribution in [0.25, 0.3) is 10.8 Å². The Labute approximate surface area is 142 Å². The highest BCUT2D eigenvalue weighted by atomic mass is 32.1. The van der Waals surface area contributed by atoms with Gasteiger partial charge in [0.1, 0.15) is 10.6 Å². The number of aryl methyl sites for hydroxylation is 2. The van der Waals surface area contributed by atoms with Gasteiger partial charge in [-0.05, 0) is 31.9 Å². The molecule has 3 aromatic rings. The largest absolute Gasteiger partial charge is 0.459 e. The predicted molar refractivity (Wildman–Crippen MR) is 93.4 cm³/mol. The average molecular weight is 347 g/mol. The van der Waals surface area contributed by atoms with Crippen LogP contribution in [0.5, 0.6) is 0 Å². The second-order valence-electron chi connectivity index (χ2n) is 5.53. The van der Waals surface area contributed by atoms with E-state index in [0.717, 1.165) is 11.5 Å². The molecule has 0 aliphatic heterocycles. The summed E-state index contributed by atoms with van der Waals surface area (Å²) in [7, 11) is 0. The Kier molecular flexibility index (Phi) is 4.32. The number of aromatic nitrogens is 2. The van der Waals surface area contributed by atoms with Crippen molar-refractivity contribution >= 4 is 33.7 Å². The fraction of sp³-hybridized carbons (Fsp3) is 0.312. The van der Waals surface area contributed by atoms with Crippen LogP contribution in [0.15, 0.2) is 21.9 Å². The quantitative estimate of drug-likeness (QED) is 0.732. The molecule has 0 atom stereocenters. The van der Waals surface area contributed by atoms with Crippen LogP contribution in [0.4, 0.5) is 5.13 Å². The zero-order chi connectivity index (χ0) is 16.6. The van der Waals surface area contributed by atoms with Gasteiger partial charge in [-0.2, -0.15) is 0 Å². The van der Waals surface area contributed by atoms with E-state index in [1.807, 2.05) is 31.4 Å². The molecule has 7 heteroatoms. The Morgan fingerprint density at radius 3 is 2.65 bits per heavy atom. The third-order valence-corrected chi connectivity index (χ3v) is 5.23. The van der Waals surface area contributed by atoms with Crippen molar-refractivity contribution in [2.45, 2.75) is 33.6 Å². The van der Waals surface area contributed by atoms with Crippen molar-refractivity contribution in [3.63, 3.8) is 0 Å². The molecule has 3 rings (SSSR count). The Hall–Kier alpha value is -1.99. The van der Waals surface area contributed by atoms with E-state index in [-0.39, 0.29) is 5.91 Å². The topological polar surface area (TPSA) is 68.0 Å². The lowest BCUT2D eigenvalue weighted by molar-refractivity contribution is 0.103. The number of hydrogen-bond acceptors (Lipinski definition) is 6. The van der Waals surface area contributed by atoms with E-state index < -0.39 is 0 Å². The fourth-order valence-corrected chi connectivity index (χ4v) is 3.81. The Balaban J connectivity index is 1.80. The molecule has 0 aliphatic carbocycles. The van der Waals surface area contributed by atoms with Gasteiger partial charge in [0.2, 0.25) is 0 Å². The van der Waals surface area contributed by atoms with Crippen molar-refractivity contribution in [2.75, 3.05) is 5.32 Å². The third kappa shape index (κ3) is 3.35. The van der Waals surface area contributed by atoms with Gasteiger partial charge in [-0.1, -0.05) is 13.8 Å². The summed E-state index contributed by atoms with van der Waals surface area (Å²) in [6.07, 6.45) is 0. The van der Waals surface area contributed by atoms with E-state index in [2.05, 4.69) is 29.1 Å². The van der Waals surface area contributed by atoms with Gasteiger partial charge in [-0.3, -0.25) is 10.1 Å². The Bertz CT molecular complexity index is 845. The molecule has 1 amide bonds. The third-order valence-electron chi connectivity index (χ3n) is 3.29. The minimum Gasteiger partial charge on any atom is -0.459 e. The summed E-state index contributed by atoms with van der Waals surface area (Å²) in [5, 5.41) is 6.15. The number of furan rings is 1. The molecule has 23 heavy (non-hydrogen) atoms. The number of rotatable bonds is 4. The number of carbonyl (C=O) groups excluding carboxylic acids is 1. The first-order valence-corrected chi connectivity index (χ1v) is 8.94. The van der Waals surface area contributed by atoms with Gasteiger partial charge >= 0.3 is 0 Å². The zero-order valence-corrected chi connectivity index (χ0v) is 15.0. The molecule has 0 unspecified atom stereocenters. The lowest BCUT2D eigenvalue weighted by atomic mass is 10.2. The van der Waals surface area contributed by atoms with Gasteiger partial charge in [-0.15, -0.1) is 22.7 Å². The van der Waals surface area contributed by atoms with Crippen molar-refractivity contribution in [3.05, 3.63) is 39.5 Å². The van der Waals surface area contributed by atoms with Gasteiger partial charge < -0.3 is 4.42 Å². The van der Waals surface area contributed by atoms with Crippen molar-refractivity contribution in [1.82, 2.24) is 9.97 Å². The number of nitrogens with one attached hydrogen (secondary N) is 1. The number of amides is 1. The average Bonchev–Trinajstić information content (AvgIpc) is 3.18. The van der Waals surface area contributed by atoms with E-state index in [1.165, 1.54) is 22.7 Å². The zero-order valence-electron chi connectivity index (χ0n) is 13.3. The van der Waals surface area contributed by atoms with E-state index in [0.29, 0.717) is 32.4 Å². The molecule has 0 spiro atoms. The lowest BCUT2D eigenvalue weighted by Crippen LogP contribution is -2.11. The normalized spacial score (nSPS) is 11.2. The fourth-order valence-electron chi connectivity index (χ4n) is 2.02. The minimum absolute atomic E-state index is 0.181. The first kappa shape index (κ1) is 15.9. The molecule has 5 nitrogen and oxygen atoms in total. The van der Waals surface area contributed by atoms with Crippen molar-refractivity contribution in [2.24, 2.45) is 0 Å². The second kappa shape index (κ2) is 6.25. The minimum atomic E-state index is -0.181. The maximum absolute atomic E-state index is 12.5. The highest BCUT2D eigenvalue weighted by Crippen LogP contribution is 2.30. The van der Waals surface area contributed by atoms with E-state index >= 15 is 0 Å². The molecule has 0 bridgehead atoms. The van der Waals surface area contributed by atoms with Crippen molar-refractivity contribution in [3.8, 4) is 10.8 Å². The molecule has 1 N–H and O–H groups in total. The van der Waals surface area contributed by atoms with Gasteiger partial charge in [-0.25, -0.2) is 9.97 Å². The maximum Gasteiger partial charge on any atom is 0.269 e. The number of thiazole rings is 2. The second-order valence-corrected chi connectivity index (χ2v) is 7.39. The molecule has 3 heterocycles. The van der Waals surface area contributed by atoms with Gasteiger partial charge in [0, 0.05) is 5.38 Å². The molecule has 0 aromatic carbocycles. The summed E-state index contributed by atoms with van der Waals surface area (Å²) in [6.45, 7) is 7.86. The van der Waals surface area contributed by atoms with E-state index in [4.69, 9.17) is 4.42 Å². The SMILES string of the molecule is Cc1ccc(-c2nc(C)c(C(=O)Nc3nc(C(C)C)cs3)s2)o1. The maximum atomic E-state index is 12.5. The van der Waals surface area contributed by atoms with E-state index in [9.17, 15) is 4.79 Å². The van der Waals surface area contributed by atoms with Gasteiger partial charge in [0.05, 0.1) is 11.4 Å². The smallest absolute Gasteiger partial charge is 0.269 e. The molecule has 120 valence electrons. The number of hydrogen-bond donors (Lipinski definition) is 1. The Morgan fingerprint density at radius 1 is 1.26 bits per heavy atom. The van der Waals surface area contributed by atoms with Crippen LogP contribution in [-0.4, -0.2) is 15.9 Å². The van der Waals surface area contributed by atoms with Crippen LogP contribution in [0, 0.1) is 13.8 Å². The molecule has 0 radical (unpaired) electrons. The molecule has 0 aliphatic rings. The molecular weight excluding hydrogens is 330 g/mol. The van der Waals surface area contributed by atoms with Crippen molar-refractivity contribution in [1.29, 1.82) is 0 Å².